The predicted molar refractivity (Wildman–Crippen MR) is 135 cm³/mol. The third kappa shape index (κ3) is 3.97. The van der Waals surface area contributed by atoms with Crippen LogP contribution in [0.15, 0.2) is 87.5 Å². The summed E-state index contributed by atoms with van der Waals surface area (Å²) in [6.07, 6.45) is 1.77. The number of hydrogen-bond donors (Lipinski definition) is 0. The summed E-state index contributed by atoms with van der Waals surface area (Å²) >= 11 is 14.2. The van der Waals surface area contributed by atoms with Crippen molar-refractivity contribution in [1.29, 1.82) is 0 Å². The summed E-state index contributed by atoms with van der Waals surface area (Å²) < 4.78 is 0.372. The molecular formula is C24H15ClN2O2S3. The van der Waals surface area contributed by atoms with Gasteiger partial charge in [-0.3, -0.25) is 19.4 Å². The number of carbonyl (C=O) groups excluding carboxylic acids is 2. The lowest BCUT2D eigenvalue weighted by Crippen LogP contribution is -2.41. The maximum Gasteiger partial charge on any atom is 0.266 e. The Balaban J connectivity index is 1.43. The second kappa shape index (κ2) is 8.75. The Labute approximate surface area is 204 Å². The summed E-state index contributed by atoms with van der Waals surface area (Å²) in [5.41, 5.74) is 2.46. The molecule has 2 heterocycles. The minimum Gasteiger partial charge on any atom is -0.283 e. The molecule has 5 rings (SSSR count). The first-order valence-electron chi connectivity index (χ1n) is 9.71. The van der Waals surface area contributed by atoms with E-state index in [1.807, 2.05) is 60.7 Å². The largest absolute Gasteiger partial charge is 0.283 e. The van der Waals surface area contributed by atoms with Crippen molar-refractivity contribution >= 4 is 80.9 Å². The lowest BCUT2D eigenvalue weighted by atomic mass is 10.2. The number of benzene rings is 3. The number of halogens is 1. The molecule has 3 aromatic carbocycles. The van der Waals surface area contributed by atoms with Gasteiger partial charge in [0.1, 0.15) is 10.9 Å². The van der Waals surface area contributed by atoms with E-state index in [2.05, 4.69) is 0 Å². The van der Waals surface area contributed by atoms with Crippen LogP contribution < -0.4 is 4.90 Å². The molecule has 0 atom stereocenters. The fourth-order valence-corrected chi connectivity index (χ4v) is 5.96. The average Bonchev–Trinajstić information content (AvgIpc) is 3.06. The van der Waals surface area contributed by atoms with Gasteiger partial charge in [0.15, 0.2) is 0 Å². The van der Waals surface area contributed by atoms with Crippen molar-refractivity contribution in [1.82, 2.24) is 4.90 Å². The predicted octanol–water partition coefficient (Wildman–Crippen LogP) is 6.37. The molecule has 3 aromatic rings. The minimum atomic E-state index is -0.267. The first-order chi connectivity index (χ1) is 15.5. The first-order valence-corrected chi connectivity index (χ1v) is 12.1. The molecule has 0 bridgehead atoms. The molecule has 1 saturated heterocycles. The summed E-state index contributed by atoms with van der Waals surface area (Å²) in [5.74, 6) is -0.481. The molecule has 0 aromatic heterocycles. The van der Waals surface area contributed by atoms with E-state index in [0.717, 1.165) is 26.7 Å². The van der Waals surface area contributed by atoms with Crippen LogP contribution in [0.3, 0.4) is 0 Å². The third-order valence-electron chi connectivity index (χ3n) is 5.02. The molecule has 2 aliphatic heterocycles. The van der Waals surface area contributed by atoms with Crippen molar-refractivity contribution < 1.29 is 9.59 Å². The van der Waals surface area contributed by atoms with Crippen LogP contribution in [0.2, 0.25) is 5.02 Å². The van der Waals surface area contributed by atoms with Gasteiger partial charge in [0.05, 0.1) is 16.3 Å². The number of nitrogens with zero attached hydrogens (tertiary/aromatic N) is 2. The zero-order valence-electron chi connectivity index (χ0n) is 16.5. The van der Waals surface area contributed by atoms with Crippen molar-refractivity contribution in [2.24, 2.45) is 0 Å². The SMILES string of the molecule is O=C1/C(=C\c2ccc(Cl)cc2)SC(=S)N1CC(=O)N1c2ccccc2Sc2ccccc21. The highest BCUT2D eigenvalue weighted by molar-refractivity contribution is 8.26. The maximum atomic E-state index is 13.5. The van der Waals surface area contributed by atoms with Crippen molar-refractivity contribution in [3.8, 4) is 0 Å². The number of hydrogen-bond acceptors (Lipinski definition) is 5. The standard InChI is InChI=1S/C24H15ClN2O2S3/c25-16-11-9-15(10-12-16)13-21-23(29)26(24(30)32-21)14-22(28)27-17-5-1-3-7-19(17)31-20-8-4-2-6-18(20)27/h1-13H,14H2/b21-13+. The second-order valence-electron chi connectivity index (χ2n) is 7.09. The van der Waals surface area contributed by atoms with E-state index < -0.39 is 0 Å². The van der Waals surface area contributed by atoms with Gasteiger partial charge >= 0.3 is 0 Å². The number of rotatable bonds is 3. The van der Waals surface area contributed by atoms with Gasteiger partial charge in [0, 0.05) is 14.8 Å². The van der Waals surface area contributed by atoms with Gasteiger partial charge in [-0.2, -0.15) is 0 Å². The zero-order chi connectivity index (χ0) is 22.2. The zero-order valence-corrected chi connectivity index (χ0v) is 19.7. The van der Waals surface area contributed by atoms with E-state index in [1.54, 1.807) is 34.9 Å². The Hall–Kier alpha value is -2.58. The molecule has 0 spiro atoms. The number of anilines is 2. The lowest BCUT2D eigenvalue weighted by molar-refractivity contribution is -0.127. The summed E-state index contributed by atoms with van der Waals surface area (Å²) in [4.78, 5) is 32.1. The highest BCUT2D eigenvalue weighted by Crippen LogP contribution is 2.48. The number of thioether (sulfide) groups is 1. The fourth-order valence-electron chi connectivity index (χ4n) is 3.53. The van der Waals surface area contributed by atoms with Crippen molar-refractivity contribution in [3.05, 3.63) is 88.3 Å². The summed E-state index contributed by atoms with van der Waals surface area (Å²) in [6.45, 7) is -0.129. The van der Waals surface area contributed by atoms with Gasteiger partial charge in [-0.25, -0.2) is 0 Å². The van der Waals surface area contributed by atoms with E-state index >= 15 is 0 Å². The molecule has 32 heavy (non-hydrogen) atoms. The fraction of sp³-hybridized carbons (Fsp3) is 0.0417. The summed E-state index contributed by atoms with van der Waals surface area (Å²) in [7, 11) is 0. The third-order valence-corrected chi connectivity index (χ3v) is 7.78. The number of para-hydroxylation sites is 2. The number of amides is 2. The minimum absolute atomic E-state index is 0.129. The van der Waals surface area contributed by atoms with Crippen LogP contribution in [0.1, 0.15) is 5.56 Å². The maximum absolute atomic E-state index is 13.5. The van der Waals surface area contributed by atoms with E-state index in [9.17, 15) is 9.59 Å². The molecule has 0 unspecified atom stereocenters. The first kappa shape index (κ1) is 21.3. The van der Waals surface area contributed by atoms with Gasteiger partial charge in [0.25, 0.3) is 11.8 Å². The molecule has 0 radical (unpaired) electrons. The van der Waals surface area contributed by atoms with Gasteiger partial charge in [-0.1, -0.05) is 83.7 Å². The van der Waals surface area contributed by atoms with Gasteiger partial charge in [-0.05, 0) is 48.0 Å². The Morgan fingerprint density at radius 3 is 2.12 bits per heavy atom. The normalized spacial score (nSPS) is 16.3. The van der Waals surface area contributed by atoms with Crippen LogP contribution in [0.25, 0.3) is 6.08 Å². The number of fused-ring (bicyclic) bond motifs is 2. The van der Waals surface area contributed by atoms with Gasteiger partial charge in [0.2, 0.25) is 0 Å². The van der Waals surface area contributed by atoms with E-state index in [0.29, 0.717) is 14.2 Å². The van der Waals surface area contributed by atoms with E-state index in [-0.39, 0.29) is 18.4 Å². The number of thiocarbonyl (C=S) groups is 1. The van der Waals surface area contributed by atoms with Crippen molar-refractivity contribution in [2.75, 3.05) is 11.4 Å². The molecule has 2 amide bonds. The topological polar surface area (TPSA) is 40.6 Å². The molecule has 8 heteroatoms. The van der Waals surface area contributed by atoms with Gasteiger partial charge < -0.3 is 0 Å². The highest BCUT2D eigenvalue weighted by atomic mass is 35.5. The average molecular weight is 495 g/mol. The Morgan fingerprint density at radius 2 is 1.50 bits per heavy atom. The van der Waals surface area contributed by atoms with Crippen LogP contribution in [0.5, 0.6) is 0 Å². The molecule has 0 N–H and O–H groups in total. The highest BCUT2D eigenvalue weighted by Gasteiger charge is 2.36. The number of carbonyl (C=O) groups is 2. The van der Waals surface area contributed by atoms with Crippen LogP contribution in [0.4, 0.5) is 11.4 Å². The van der Waals surface area contributed by atoms with Crippen molar-refractivity contribution in [3.63, 3.8) is 0 Å². The molecule has 4 nitrogen and oxygen atoms in total. The molecule has 2 aliphatic rings. The van der Waals surface area contributed by atoms with E-state index in [1.165, 1.54) is 16.7 Å². The molecule has 0 saturated carbocycles. The lowest BCUT2D eigenvalue weighted by Gasteiger charge is -2.32. The molecular weight excluding hydrogens is 480 g/mol. The molecule has 1 fully saturated rings. The quantitative estimate of drug-likeness (QED) is 0.312. The van der Waals surface area contributed by atoms with Crippen molar-refractivity contribution in [2.45, 2.75) is 9.79 Å². The second-order valence-corrected chi connectivity index (χ2v) is 10.3. The Morgan fingerprint density at radius 1 is 0.906 bits per heavy atom. The summed E-state index contributed by atoms with van der Waals surface area (Å²) in [5, 5.41) is 0.626. The molecule has 158 valence electrons. The van der Waals surface area contributed by atoms with Crippen LogP contribution >= 0.6 is 47.3 Å². The smallest absolute Gasteiger partial charge is 0.266 e. The Kier molecular flexibility index (Phi) is 5.82. The van der Waals surface area contributed by atoms with Crippen LogP contribution in [0, 0.1) is 0 Å². The Bertz CT molecular complexity index is 1240. The van der Waals surface area contributed by atoms with E-state index in [4.69, 9.17) is 23.8 Å². The van der Waals surface area contributed by atoms with Gasteiger partial charge in [-0.15, -0.1) is 0 Å². The monoisotopic (exact) mass is 494 g/mol. The molecule has 0 aliphatic carbocycles. The van der Waals surface area contributed by atoms with Crippen LogP contribution in [-0.2, 0) is 9.59 Å². The summed E-state index contributed by atoms with van der Waals surface area (Å²) in [6, 6.07) is 22.7. The van der Waals surface area contributed by atoms with Crippen LogP contribution in [-0.4, -0.2) is 27.6 Å².